The molecule has 0 bridgehead atoms. The molecule has 32 heavy (non-hydrogen) atoms. The quantitative estimate of drug-likeness (QED) is 0.122. The maximum Gasteiger partial charge on any atom is 0.330 e. The van der Waals surface area contributed by atoms with Crippen LogP contribution in [0.2, 0.25) is 0 Å². The van der Waals surface area contributed by atoms with Gasteiger partial charge in [0.1, 0.15) is 0 Å². The number of carbonyl (C=O) groups is 2. The molecule has 2 atom stereocenters. The summed E-state index contributed by atoms with van der Waals surface area (Å²) in [6, 6.07) is 0. The molecular formula is C28H50O4. The lowest BCUT2D eigenvalue weighted by atomic mass is 9.73. The summed E-state index contributed by atoms with van der Waals surface area (Å²) in [7, 11) is 0. The van der Waals surface area contributed by atoms with Crippen molar-refractivity contribution >= 4 is 11.9 Å². The number of carbonyl (C=O) groups excluding carboxylic acids is 2. The van der Waals surface area contributed by atoms with Gasteiger partial charge in [0, 0.05) is 6.08 Å². The van der Waals surface area contributed by atoms with Gasteiger partial charge < -0.3 is 9.47 Å². The standard InChI is InChI=1S/C28H50O4/c1-5-8-11-14-23(4)15-16-24(6-2)25-17-19-26(20-18-25)28(30)32-22-13-10-9-12-21-31-27(29)7-3/h7,23-26H,3,5-6,8-22H2,1-2,4H3. The minimum Gasteiger partial charge on any atom is -0.465 e. The maximum absolute atomic E-state index is 12.4. The van der Waals surface area contributed by atoms with E-state index in [9.17, 15) is 9.59 Å². The van der Waals surface area contributed by atoms with Crippen molar-refractivity contribution in [2.45, 2.75) is 117 Å². The lowest BCUT2D eigenvalue weighted by Crippen LogP contribution is -2.27. The van der Waals surface area contributed by atoms with Gasteiger partial charge in [-0.2, -0.15) is 0 Å². The first kappa shape index (κ1) is 28.7. The summed E-state index contributed by atoms with van der Waals surface area (Å²) < 4.78 is 10.5. The molecule has 0 saturated heterocycles. The molecule has 0 N–H and O–H groups in total. The third kappa shape index (κ3) is 12.6. The normalized spacial score (nSPS) is 20.3. The molecule has 4 nitrogen and oxygen atoms in total. The predicted molar refractivity (Wildman–Crippen MR) is 132 cm³/mol. The molecule has 1 aliphatic rings. The zero-order valence-electron chi connectivity index (χ0n) is 21.2. The molecule has 0 spiro atoms. The summed E-state index contributed by atoms with van der Waals surface area (Å²) in [5.74, 6) is 2.23. The Kier molecular flexibility index (Phi) is 16.3. The second-order valence-corrected chi connectivity index (χ2v) is 9.91. The molecule has 1 saturated carbocycles. The van der Waals surface area contributed by atoms with Crippen LogP contribution in [0.5, 0.6) is 0 Å². The Labute approximate surface area is 197 Å². The average molecular weight is 451 g/mol. The molecule has 186 valence electrons. The van der Waals surface area contributed by atoms with Gasteiger partial charge in [0.2, 0.25) is 0 Å². The highest BCUT2D eigenvalue weighted by atomic mass is 16.5. The van der Waals surface area contributed by atoms with E-state index in [-0.39, 0.29) is 17.9 Å². The first-order chi connectivity index (χ1) is 15.5. The van der Waals surface area contributed by atoms with Crippen molar-refractivity contribution < 1.29 is 19.1 Å². The molecule has 4 heteroatoms. The highest BCUT2D eigenvalue weighted by Gasteiger charge is 2.30. The Morgan fingerprint density at radius 2 is 1.53 bits per heavy atom. The van der Waals surface area contributed by atoms with Crippen molar-refractivity contribution in [1.29, 1.82) is 0 Å². The number of unbranched alkanes of at least 4 members (excludes halogenated alkanes) is 5. The van der Waals surface area contributed by atoms with Crippen LogP contribution in [0.1, 0.15) is 117 Å². The van der Waals surface area contributed by atoms with Crippen molar-refractivity contribution in [2.24, 2.45) is 23.7 Å². The molecule has 1 aliphatic carbocycles. The van der Waals surface area contributed by atoms with Gasteiger partial charge in [-0.05, 0) is 75.5 Å². The second-order valence-electron chi connectivity index (χ2n) is 9.91. The molecule has 0 aromatic rings. The number of hydrogen-bond acceptors (Lipinski definition) is 4. The van der Waals surface area contributed by atoms with Gasteiger partial charge >= 0.3 is 11.9 Å². The van der Waals surface area contributed by atoms with Crippen LogP contribution in [0.15, 0.2) is 12.7 Å². The zero-order valence-corrected chi connectivity index (χ0v) is 21.2. The summed E-state index contributed by atoms with van der Waals surface area (Å²) in [6.07, 6.45) is 18.7. The molecule has 0 aromatic carbocycles. The molecular weight excluding hydrogens is 400 g/mol. The molecule has 0 amide bonds. The van der Waals surface area contributed by atoms with Gasteiger partial charge in [0.15, 0.2) is 0 Å². The maximum atomic E-state index is 12.4. The lowest BCUT2D eigenvalue weighted by molar-refractivity contribution is -0.150. The van der Waals surface area contributed by atoms with Gasteiger partial charge in [0.25, 0.3) is 0 Å². The van der Waals surface area contributed by atoms with E-state index in [1.54, 1.807) is 0 Å². The average Bonchev–Trinajstić information content (AvgIpc) is 2.81. The Morgan fingerprint density at radius 1 is 0.875 bits per heavy atom. The summed E-state index contributed by atoms with van der Waals surface area (Å²) in [6.45, 7) is 11.4. The summed E-state index contributed by atoms with van der Waals surface area (Å²) in [5, 5.41) is 0. The third-order valence-corrected chi connectivity index (χ3v) is 7.32. The molecule has 0 radical (unpaired) electrons. The molecule has 1 rings (SSSR count). The first-order valence-electron chi connectivity index (χ1n) is 13.5. The summed E-state index contributed by atoms with van der Waals surface area (Å²) in [4.78, 5) is 23.4. The van der Waals surface area contributed by atoms with Crippen LogP contribution in [-0.2, 0) is 19.1 Å². The van der Waals surface area contributed by atoms with Crippen molar-refractivity contribution in [1.82, 2.24) is 0 Å². The lowest BCUT2D eigenvalue weighted by Gasteiger charge is -2.33. The molecule has 0 aromatic heterocycles. The first-order valence-corrected chi connectivity index (χ1v) is 13.5. The van der Waals surface area contributed by atoms with E-state index in [0.29, 0.717) is 13.2 Å². The second kappa shape index (κ2) is 18.1. The largest absolute Gasteiger partial charge is 0.465 e. The minimum absolute atomic E-state index is 0.0148. The van der Waals surface area contributed by atoms with E-state index < -0.39 is 0 Å². The number of esters is 2. The smallest absolute Gasteiger partial charge is 0.330 e. The number of rotatable bonds is 18. The van der Waals surface area contributed by atoms with Gasteiger partial charge in [-0.3, -0.25) is 4.79 Å². The Morgan fingerprint density at radius 3 is 2.12 bits per heavy atom. The Bertz CT molecular complexity index is 508. The van der Waals surface area contributed by atoms with Crippen LogP contribution in [0, 0.1) is 23.7 Å². The Hall–Kier alpha value is -1.32. The molecule has 0 aliphatic heterocycles. The van der Waals surface area contributed by atoms with Crippen molar-refractivity contribution in [3.05, 3.63) is 12.7 Å². The fraction of sp³-hybridized carbons (Fsp3) is 0.857. The SMILES string of the molecule is C=CC(=O)OCCCCCCOC(=O)C1CCC(C(CC)CCC(C)CCCCC)CC1. The van der Waals surface area contributed by atoms with Crippen molar-refractivity contribution in [3.8, 4) is 0 Å². The fourth-order valence-electron chi connectivity index (χ4n) is 5.07. The highest BCUT2D eigenvalue weighted by Crippen LogP contribution is 2.38. The zero-order chi connectivity index (χ0) is 23.6. The van der Waals surface area contributed by atoms with Gasteiger partial charge in [0.05, 0.1) is 19.1 Å². The minimum atomic E-state index is -0.365. The predicted octanol–water partition coefficient (Wildman–Crippen LogP) is 7.65. The van der Waals surface area contributed by atoms with E-state index in [2.05, 4.69) is 27.4 Å². The summed E-state index contributed by atoms with van der Waals surface area (Å²) >= 11 is 0. The van der Waals surface area contributed by atoms with Crippen LogP contribution < -0.4 is 0 Å². The van der Waals surface area contributed by atoms with Crippen LogP contribution >= 0.6 is 0 Å². The van der Waals surface area contributed by atoms with E-state index in [1.807, 2.05) is 0 Å². The summed E-state index contributed by atoms with van der Waals surface area (Å²) in [5.41, 5.74) is 0. The van der Waals surface area contributed by atoms with Crippen molar-refractivity contribution in [3.63, 3.8) is 0 Å². The Balaban J connectivity index is 2.14. The van der Waals surface area contributed by atoms with Crippen molar-refractivity contribution in [2.75, 3.05) is 13.2 Å². The van der Waals surface area contributed by atoms with Crippen LogP contribution in [-0.4, -0.2) is 25.2 Å². The molecule has 1 fully saturated rings. The van der Waals surface area contributed by atoms with E-state index in [0.717, 1.165) is 56.3 Å². The van der Waals surface area contributed by atoms with E-state index >= 15 is 0 Å². The topological polar surface area (TPSA) is 52.6 Å². The van der Waals surface area contributed by atoms with Gasteiger partial charge in [-0.25, -0.2) is 4.79 Å². The monoisotopic (exact) mass is 450 g/mol. The van der Waals surface area contributed by atoms with Crippen LogP contribution in [0.4, 0.5) is 0 Å². The molecule has 2 unspecified atom stereocenters. The third-order valence-electron chi connectivity index (χ3n) is 7.32. The number of hydrogen-bond donors (Lipinski definition) is 0. The van der Waals surface area contributed by atoms with Gasteiger partial charge in [-0.15, -0.1) is 0 Å². The van der Waals surface area contributed by atoms with E-state index in [4.69, 9.17) is 9.47 Å². The van der Waals surface area contributed by atoms with Crippen LogP contribution in [0.25, 0.3) is 0 Å². The number of ether oxygens (including phenoxy) is 2. The van der Waals surface area contributed by atoms with E-state index in [1.165, 1.54) is 63.9 Å². The van der Waals surface area contributed by atoms with Crippen LogP contribution in [0.3, 0.4) is 0 Å². The highest BCUT2D eigenvalue weighted by molar-refractivity contribution is 5.81. The van der Waals surface area contributed by atoms with Gasteiger partial charge in [-0.1, -0.05) is 65.9 Å². The molecule has 0 heterocycles. The fourth-order valence-corrected chi connectivity index (χ4v) is 5.07.